The summed E-state index contributed by atoms with van der Waals surface area (Å²) in [6, 6.07) is 7.95. The number of nitrogens with one attached hydrogen (secondary N) is 1. The van der Waals surface area contributed by atoms with Crippen LogP contribution in [0.1, 0.15) is 12.2 Å². The SMILES string of the molecule is COc1ccc(-c2[nH]c(C(F)F)nc2-c2ccc(S(C)(=O)=O)c(F)c2)cc1Cl. The summed E-state index contributed by atoms with van der Waals surface area (Å²) in [6.07, 6.45) is -2.01. The Morgan fingerprint density at radius 2 is 1.82 bits per heavy atom. The van der Waals surface area contributed by atoms with Gasteiger partial charge in [0.25, 0.3) is 6.43 Å². The zero-order valence-corrected chi connectivity index (χ0v) is 16.2. The Morgan fingerprint density at radius 1 is 1.14 bits per heavy atom. The Bertz CT molecular complexity index is 1150. The van der Waals surface area contributed by atoms with E-state index in [1.807, 2.05) is 0 Å². The molecule has 1 heterocycles. The van der Waals surface area contributed by atoms with Gasteiger partial charge in [-0.05, 0) is 30.3 Å². The maximum Gasteiger partial charge on any atom is 0.295 e. The van der Waals surface area contributed by atoms with Crippen LogP contribution in [0.4, 0.5) is 13.2 Å². The van der Waals surface area contributed by atoms with E-state index in [0.29, 0.717) is 11.3 Å². The number of ether oxygens (including phenoxy) is 1. The lowest BCUT2D eigenvalue weighted by Gasteiger charge is -2.08. The number of halogens is 4. The van der Waals surface area contributed by atoms with E-state index in [4.69, 9.17) is 16.3 Å². The fraction of sp³-hybridized carbons (Fsp3) is 0.167. The van der Waals surface area contributed by atoms with E-state index in [-0.39, 0.29) is 22.0 Å². The first-order valence-corrected chi connectivity index (χ1v) is 10.1. The van der Waals surface area contributed by atoms with E-state index in [9.17, 15) is 21.6 Å². The molecule has 2 aromatic carbocycles. The second-order valence-electron chi connectivity index (χ2n) is 5.91. The van der Waals surface area contributed by atoms with Gasteiger partial charge >= 0.3 is 0 Å². The van der Waals surface area contributed by atoms with Gasteiger partial charge in [-0.15, -0.1) is 0 Å². The molecule has 1 N–H and O–H groups in total. The van der Waals surface area contributed by atoms with Crippen molar-refractivity contribution in [2.75, 3.05) is 13.4 Å². The van der Waals surface area contributed by atoms with Crippen molar-refractivity contribution < 1.29 is 26.3 Å². The average molecular weight is 431 g/mol. The van der Waals surface area contributed by atoms with Gasteiger partial charge in [-0.3, -0.25) is 0 Å². The summed E-state index contributed by atoms with van der Waals surface area (Å²) in [6.45, 7) is 0. The molecule has 1 aromatic heterocycles. The molecule has 0 saturated carbocycles. The average Bonchev–Trinajstić information content (AvgIpc) is 3.06. The van der Waals surface area contributed by atoms with Crippen LogP contribution in [-0.2, 0) is 9.84 Å². The van der Waals surface area contributed by atoms with Crippen LogP contribution < -0.4 is 4.74 Å². The molecular formula is C18H14ClF3N2O3S. The third kappa shape index (κ3) is 3.85. The minimum Gasteiger partial charge on any atom is -0.495 e. The van der Waals surface area contributed by atoms with Crippen LogP contribution in [0.15, 0.2) is 41.3 Å². The van der Waals surface area contributed by atoms with Crippen molar-refractivity contribution >= 4 is 21.4 Å². The topological polar surface area (TPSA) is 72.0 Å². The molecule has 0 aliphatic carbocycles. The molecule has 0 spiro atoms. The lowest BCUT2D eigenvalue weighted by Crippen LogP contribution is -2.00. The fourth-order valence-electron chi connectivity index (χ4n) is 2.68. The minimum absolute atomic E-state index is 0.0375. The van der Waals surface area contributed by atoms with Gasteiger partial charge < -0.3 is 9.72 Å². The monoisotopic (exact) mass is 430 g/mol. The Labute approximate surface area is 164 Å². The smallest absolute Gasteiger partial charge is 0.295 e. The first kappa shape index (κ1) is 20.2. The van der Waals surface area contributed by atoms with Crippen molar-refractivity contribution in [2.45, 2.75) is 11.3 Å². The zero-order chi connectivity index (χ0) is 20.6. The number of imidazole rings is 1. The summed E-state index contributed by atoms with van der Waals surface area (Å²) >= 11 is 6.11. The van der Waals surface area contributed by atoms with E-state index < -0.39 is 32.8 Å². The minimum atomic E-state index is -3.77. The van der Waals surface area contributed by atoms with Crippen LogP contribution >= 0.6 is 11.6 Å². The second kappa shape index (κ2) is 7.48. The second-order valence-corrected chi connectivity index (χ2v) is 8.30. The summed E-state index contributed by atoms with van der Waals surface area (Å²) in [4.78, 5) is 5.90. The number of H-pyrrole nitrogens is 1. The van der Waals surface area contributed by atoms with Crippen LogP contribution in [0.2, 0.25) is 5.02 Å². The molecule has 0 unspecified atom stereocenters. The Morgan fingerprint density at radius 3 is 2.36 bits per heavy atom. The van der Waals surface area contributed by atoms with E-state index in [2.05, 4.69) is 9.97 Å². The Kier molecular flexibility index (Phi) is 5.40. The normalized spacial score (nSPS) is 11.8. The Hall–Kier alpha value is -2.52. The molecule has 0 bridgehead atoms. The predicted molar refractivity (Wildman–Crippen MR) is 99.0 cm³/mol. The molecule has 0 saturated heterocycles. The van der Waals surface area contributed by atoms with Crippen LogP contribution in [0, 0.1) is 5.82 Å². The van der Waals surface area contributed by atoms with E-state index >= 15 is 0 Å². The maximum atomic E-state index is 14.3. The van der Waals surface area contributed by atoms with Crippen molar-refractivity contribution in [2.24, 2.45) is 0 Å². The molecule has 3 rings (SSSR count). The van der Waals surface area contributed by atoms with Crippen molar-refractivity contribution in [3.8, 4) is 28.3 Å². The highest BCUT2D eigenvalue weighted by molar-refractivity contribution is 7.90. The van der Waals surface area contributed by atoms with E-state index in [1.165, 1.54) is 19.2 Å². The number of hydrogen-bond acceptors (Lipinski definition) is 4. The lowest BCUT2D eigenvalue weighted by atomic mass is 10.0. The molecule has 148 valence electrons. The number of rotatable bonds is 5. The summed E-state index contributed by atoms with van der Waals surface area (Å²) in [7, 11) is -2.34. The summed E-state index contributed by atoms with van der Waals surface area (Å²) in [5.74, 6) is -1.21. The van der Waals surface area contributed by atoms with Crippen LogP contribution in [-0.4, -0.2) is 31.8 Å². The molecule has 0 fully saturated rings. The van der Waals surface area contributed by atoms with E-state index in [0.717, 1.165) is 18.4 Å². The van der Waals surface area contributed by atoms with Gasteiger partial charge in [0.2, 0.25) is 0 Å². The zero-order valence-electron chi connectivity index (χ0n) is 14.6. The van der Waals surface area contributed by atoms with E-state index in [1.54, 1.807) is 12.1 Å². The highest BCUT2D eigenvalue weighted by Gasteiger charge is 2.22. The third-order valence-electron chi connectivity index (χ3n) is 3.97. The maximum absolute atomic E-state index is 14.3. The predicted octanol–water partition coefficient (Wildman–Crippen LogP) is 4.89. The standard InChI is InChI=1S/C18H14ClF3N2O3S/c1-27-13-5-3-9(7-11(13)19)15-16(24-18(23-15)17(21)22)10-4-6-14(12(20)8-10)28(2,25)26/h3-8,17H,1-2H3,(H,23,24). The number of benzene rings is 2. The third-order valence-corrected chi connectivity index (χ3v) is 5.40. The molecule has 0 aliphatic rings. The van der Waals surface area contributed by atoms with Crippen molar-refractivity contribution in [3.63, 3.8) is 0 Å². The van der Waals surface area contributed by atoms with Crippen molar-refractivity contribution in [1.29, 1.82) is 0 Å². The van der Waals surface area contributed by atoms with Gasteiger partial charge in [-0.2, -0.15) is 0 Å². The molecule has 5 nitrogen and oxygen atoms in total. The molecule has 0 atom stereocenters. The quantitative estimate of drug-likeness (QED) is 0.625. The number of methoxy groups -OCH3 is 1. The number of hydrogen-bond donors (Lipinski definition) is 1. The highest BCUT2D eigenvalue weighted by atomic mass is 35.5. The van der Waals surface area contributed by atoms with Gasteiger partial charge in [0, 0.05) is 17.4 Å². The number of aromatic nitrogens is 2. The molecule has 3 aromatic rings. The summed E-state index contributed by atoms with van der Waals surface area (Å²) < 4.78 is 68.9. The van der Waals surface area contributed by atoms with Gasteiger partial charge in [-0.1, -0.05) is 17.7 Å². The number of aromatic amines is 1. The van der Waals surface area contributed by atoms with Crippen LogP contribution in [0.5, 0.6) is 5.75 Å². The lowest BCUT2D eigenvalue weighted by molar-refractivity contribution is 0.141. The first-order valence-electron chi connectivity index (χ1n) is 7.83. The van der Waals surface area contributed by atoms with Crippen molar-refractivity contribution in [1.82, 2.24) is 9.97 Å². The van der Waals surface area contributed by atoms with Crippen LogP contribution in [0.25, 0.3) is 22.5 Å². The van der Waals surface area contributed by atoms with Gasteiger partial charge in [0.1, 0.15) is 16.5 Å². The van der Waals surface area contributed by atoms with Gasteiger partial charge in [0.15, 0.2) is 15.7 Å². The molecule has 10 heteroatoms. The van der Waals surface area contributed by atoms with Crippen LogP contribution in [0.3, 0.4) is 0 Å². The first-order chi connectivity index (χ1) is 13.1. The summed E-state index contributed by atoms with van der Waals surface area (Å²) in [5.41, 5.74) is 0.782. The molecular weight excluding hydrogens is 417 g/mol. The highest BCUT2D eigenvalue weighted by Crippen LogP contribution is 2.36. The number of sulfone groups is 1. The van der Waals surface area contributed by atoms with Crippen molar-refractivity contribution in [3.05, 3.63) is 53.1 Å². The van der Waals surface area contributed by atoms with Gasteiger partial charge in [0.05, 0.1) is 23.5 Å². The largest absolute Gasteiger partial charge is 0.495 e. The molecule has 28 heavy (non-hydrogen) atoms. The molecule has 0 amide bonds. The molecule has 0 radical (unpaired) electrons. The Balaban J connectivity index is 2.19. The number of alkyl halides is 2. The number of nitrogens with zero attached hydrogens (tertiary/aromatic N) is 1. The molecule has 0 aliphatic heterocycles. The fourth-order valence-corrected chi connectivity index (χ4v) is 3.67. The van der Waals surface area contributed by atoms with Gasteiger partial charge in [-0.25, -0.2) is 26.6 Å². The summed E-state index contributed by atoms with van der Waals surface area (Å²) in [5, 5.41) is 0.248.